The molecule has 0 aliphatic carbocycles. The van der Waals surface area contributed by atoms with Crippen LogP contribution >= 0.6 is 35.0 Å². The molecular weight excluding hydrogens is 338 g/mol. The largest absolute Gasteiger partial charge is 0.350 e. The van der Waals surface area contributed by atoms with Gasteiger partial charge in [0.05, 0.1) is 0 Å². The Balaban J connectivity index is 0.00000225. The molecule has 5 heteroatoms. The number of carbonyl (C=O) groups is 1. The van der Waals surface area contributed by atoms with E-state index in [4.69, 9.17) is 5.73 Å². The third kappa shape index (κ3) is 5.67. The molecule has 1 rings (SSSR count). The van der Waals surface area contributed by atoms with Gasteiger partial charge in [-0.05, 0) is 54.6 Å². The summed E-state index contributed by atoms with van der Waals surface area (Å²) in [6, 6.07) is 7.45. The molecular formula is C11H16ClIN2O. The molecule has 1 aromatic carbocycles. The van der Waals surface area contributed by atoms with Crippen molar-refractivity contribution in [2.24, 2.45) is 5.73 Å². The van der Waals surface area contributed by atoms with Crippen molar-refractivity contribution in [1.82, 2.24) is 5.32 Å². The van der Waals surface area contributed by atoms with Crippen LogP contribution in [0, 0.1) is 3.57 Å². The lowest BCUT2D eigenvalue weighted by Gasteiger charge is -2.18. The average molecular weight is 355 g/mol. The second kappa shape index (κ2) is 6.42. The molecule has 3 nitrogen and oxygen atoms in total. The van der Waals surface area contributed by atoms with Gasteiger partial charge < -0.3 is 11.1 Å². The van der Waals surface area contributed by atoms with E-state index >= 15 is 0 Å². The number of halogens is 2. The van der Waals surface area contributed by atoms with Gasteiger partial charge in [0.25, 0.3) is 5.91 Å². The van der Waals surface area contributed by atoms with Crippen molar-refractivity contribution in [2.75, 3.05) is 6.54 Å². The molecule has 90 valence electrons. The highest BCUT2D eigenvalue weighted by Crippen LogP contribution is 2.07. The Bertz CT molecular complexity index is 363. The lowest BCUT2D eigenvalue weighted by atomic mass is 10.1. The van der Waals surface area contributed by atoms with Gasteiger partial charge in [-0.3, -0.25) is 4.79 Å². The van der Waals surface area contributed by atoms with Crippen LogP contribution in [0.25, 0.3) is 0 Å². The van der Waals surface area contributed by atoms with Crippen LogP contribution in [0.5, 0.6) is 0 Å². The summed E-state index contributed by atoms with van der Waals surface area (Å²) < 4.78 is 1.05. The lowest BCUT2D eigenvalue weighted by molar-refractivity contribution is 0.0946. The quantitative estimate of drug-likeness (QED) is 0.818. The zero-order chi connectivity index (χ0) is 11.5. The van der Waals surface area contributed by atoms with E-state index in [1.54, 1.807) is 6.07 Å². The highest BCUT2D eigenvalue weighted by atomic mass is 127. The maximum absolute atomic E-state index is 11.7. The molecule has 0 aromatic heterocycles. The first-order valence-corrected chi connectivity index (χ1v) is 5.79. The predicted molar refractivity (Wildman–Crippen MR) is 77.0 cm³/mol. The van der Waals surface area contributed by atoms with Crippen molar-refractivity contribution >= 4 is 40.9 Å². The molecule has 0 heterocycles. The Morgan fingerprint density at radius 3 is 2.62 bits per heavy atom. The first-order chi connectivity index (χ1) is 6.88. The van der Waals surface area contributed by atoms with E-state index in [1.807, 2.05) is 32.0 Å². The SMILES string of the molecule is CC(C)(N)CNC(=O)c1cccc(I)c1.Cl. The van der Waals surface area contributed by atoms with Crippen LogP contribution in [0.15, 0.2) is 24.3 Å². The summed E-state index contributed by atoms with van der Waals surface area (Å²) >= 11 is 2.18. The molecule has 0 fully saturated rings. The highest BCUT2D eigenvalue weighted by molar-refractivity contribution is 14.1. The number of nitrogens with one attached hydrogen (secondary N) is 1. The number of benzene rings is 1. The molecule has 0 saturated heterocycles. The minimum Gasteiger partial charge on any atom is -0.350 e. The molecule has 1 aromatic rings. The van der Waals surface area contributed by atoms with Gasteiger partial charge in [0.1, 0.15) is 0 Å². The molecule has 16 heavy (non-hydrogen) atoms. The van der Waals surface area contributed by atoms with Crippen LogP contribution in [0.3, 0.4) is 0 Å². The van der Waals surface area contributed by atoms with Crippen LogP contribution < -0.4 is 11.1 Å². The number of hydrogen-bond donors (Lipinski definition) is 2. The maximum atomic E-state index is 11.7. The Morgan fingerprint density at radius 1 is 1.50 bits per heavy atom. The Labute approximate surface area is 116 Å². The van der Waals surface area contributed by atoms with Gasteiger partial charge in [0.2, 0.25) is 0 Å². The molecule has 0 bridgehead atoms. The second-order valence-corrected chi connectivity index (χ2v) is 5.43. The summed E-state index contributed by atoms with van der Waals surface area (Å²) in [5.74, 6) is -0.0768. The fourth-order valence-corrected chi connectivity index (χ4v) is 1.58. The molecule has 1 amide bonds. The summed E-state index contributed by atoms with van der Waals surface area (Å²) in [7, 11) is 0. The molecule has 3 N–H and O–H groups in total. The van der Waals surface area contributed by atoms with Crippen LogP contribution in [0.4, 0.5) is 0 Å². The van der Waals surface area contributed by atoms with E-state index in [0.717, 1.165) is 3.57 Å². The normalized spacial score (nSPS) is 10.5. The van der Waals surface area contributed by atoms with Crippen LogP contribution in [-0.2, 0) is 0 Å². The van der Waals surface area contributed by atoms with Gasteiger partial charge >= 0.3 is 0 Å². The molecule has 0 aliphatic heterocycles. The van der Waals surface area contributed by atoms with E-state index in [-0.39, 0.29) is 23.9 Å². The molecule has 0 spiro atoms. The third-order valence-corrected chi connectivity index (χ3v) is 2.46. The Morgan fingerprint density at radius 2 is 2.12 bits per heavy atom. The van der Waals surface area contributed by atoms with Crippen molar-refractivity contribution in [3.8, 4) is 0 Å². The smallest absolute Gasteiger partial charge is 0.251 e. The summed E-state index contributed by atoms with van der Waals surface area (Å²) in [5.41, 5.74) is 6.07. The number of carbonyl (C=O) groups excluding carboxylic acids is 1. The van der Waals surface area contributed by atoms with Gasteiger partial charge in [0, 0.05) is 21.2 Å². The fourth-order valence-electron chi connectivity index (χ4n) is 1.04. The second-order valence-electron chi connectivity index (χ2n) is 4.18. The zero-order valence-corrected chi connectivity index (χ0v) is 12.3. The number of hydrogen-bond acceptors (Lipinski definition) is 2. The summed E-state index contributed by atoms with van der Waals surface area (Å²) in [6.45, 7) is 4.22. The molecule has 0 aliphatic rings. The van der Waals surface area contributed by atoms with Gasteiger partial charge in [-0.1, -0.05) is 6.07 Å². The van der Waals surface area contributed by atoms with E-state index in [9.17, 15) is 4.79 Å². The first kappa shape index (κ1) is 15.7. The van der Waals surface area contributed by atoms with E-state index in [2.05, 4.69) is 27.9 Å². The van der Waals surface area contributed by atoms with E-state index in [1.165, 1.54) is 0 Å². The maximum Gasteiger partial charge on any atom is 0.251 e. The van der Waals surface area contributed by atoms with Gasteiger partial charge in [-0.25, -0.2) is 0 Å². The standard InChI is InChI=1S/C11H15IN2O.ClH/c1-11(2,13)7-14-10(15)8-4-3-5-9(12)6-8;/h3-6H,7,13H2,1-2H3,(H,14,15);1H. The minimum absolute atomic E-state index is 0. The third-order valence-electron chi connectivity index (χ3n) is 1.79. The van der Waals surface area contributed by atoms with Crippen molar-refractivity contribution in [3.63, 3.8) is 0 Å². The molecule has 0 saturated carbocycles. The molecule has 0 atom stereocenters. The predicted octanol–water partition coefficient (Wildman–Crippen LogP) is 2.18. The average Bonchev–Trinajstić information content (AvgIpc) is 2.13. The lowest BCUT2D eigenvalue weighted by Crippen LogP contribution is -2.45. The van der Waals surface area contributed by atoms with E-state index in [0.29, 0.717) is 12.1 Å². The summed E-state index contributed by atoms with van der Waals surface area (Å²) in [4.78, 5) is 11.7. The fraction of sp³-hybridized carbons (Fsp3) is 0.364. The van der Waals surface area contributed by atoms with Gasteiger partial charge in [-0.15, -0.1) is 12.4 Å². The van der Waals surface area contributed by atoms with Crippen LogP contribution in [-0.4, -0.2) is 18.0 Å². The molecule has 0 unspecified atom stereocenters. The summed E-state index contributed by atoms with van der Waals surface area (Å²) in [6.07, 6.45) is 0. The first-order valence-electron chi connectivity index (χ1n) is 4.71. The minimum atomic E-state index is -0.377. The summed E-state index contributed by atoms with van der Waals surface area (Å²) in [5, 5.41) is 2.80. The van der Waals surface area contributed by atoms with Crippen LogP contribution in [0.1, 0.15) is 24.2 Å². The van der Waals surface area contributed by atoms with Crippen molar-refractivity contribution in [1.29, 1.82) is 0 Å². The monoisotopic (exact) mass is 354 g/mol. The van der Waals surface area contributed by atoms with Crippen molar-refractivity contribution < 1.29 is 4.79 Å². The number of rotatable bonds is 3. The Hall–Kier alpha value is -0.330. The Kier molecular flexibility index (Phi) is 6.28. The zero-order valence-electron chi connectivity index (χ0n) is 9.29. The number of nitrogens with two attached hydrogens (primary N) is 1. The van der Waals surface area contributed by atoms with E-state index < -0.39 is 0 Å². The van der Waals surface area contributed by atoms with Crippen molar-refractivity contribution in [3.05, 3.63) is 33.4 Å². The van der Waals surface area contributed by atoms with Gasteiger partial charge in [0.15, 0.2) is 0 Å². The topological polar surface area (TPSA) is 55.1 Å². The number of amides is 1. The van der Waals surface area contributed by atoms with Gasteiger partial charge in [-0.2, -0.15) is 0 Å². The van der Waals surface area contributed by atoms with Crippen LogP contribution in [0.2, 0.25) is 0 Å². The van der Waals surface area contributed by atoms with Crippen molar-refractivity contribution in [2.45, 2.75) is 19.4 Å². The highest BCUT2D eigenvalue weighted by Gasteiger charge is 2.13. The molecule has 0 radical (unpaired) electrons.